The molecule has 1 unspecified atom stereocenters. The second kappa shape index (κ2) is 4.92. The molecule has 2 heterocycles. The molecule has 0 aromatic rings. The first-order valence-electron chi connectivity index (χ1n) is 6.56. The van der Waals surface area contributed by atoms with E-state index in [-0.39, 0.29) is 30.8 Å². The van der Waals surface area contributed by atoms with E-state index in [1.165, 1.54) is 0 Å². The van der Waals surface area contributed by atoms with E-state index in [9.17, 15) is 14.4 Å². The summed E-state index contributed by atoms with van der Waals surface area (Å²) in [6.07, 6.45) is 1.19. The lowest BCUT2D eigenvalue weighted by atomic mass is 9.87. The lowest BCUT2D eigenvalue weighted by Gasteiger charge is -2.24. The van der Waals surface area contributed by atoms with Gasteiger partial charge in [-0.3, -0.25) is 14.4 Å². The largest absolute Gasteiger partial charge is 0.369 e. The third-order valence-corrected chi connectivity index (χ3v) is 4.06. The number of rotatable bonds is 4. The number of Topliss-reactive ketones (excluding diaryl/α,β-unsaturated/α-hetero) is 1. The van der Waals surface area contributed by atoms with Crippen molar-refractivity contribution in [2.75, 3.05) is 13.2 Å². The molecule has 2 aliphatic rings. The van der Waals surface area contributed by atoms with Crippen LogP contribution in [0.15, 0.2) is 0 Å². The molecular formula is C13H20N2O4. The van der Waals surface area contributed by atoms with E-state index in [0.717, 1.165) is 0 Å². The fourth-order valence-electron chi connectivity index (χ4n) is 2.56. The van der Waals surface area contributed by atoms with Gasteiger partial charge in [-0.15, -0.1) is 0 Å². The Morgan fingerprint density at radius 1 is 1.47 bits per heavy atom. The summed E-state index contributed by atoms with van der Waals surface area (Å²) < 4.78 is 5.34. The minimum atomic E-state index is -0.703. The molecule has 0 aromatic carbocycles. The predicted molar refractivity (Wildman–Crippen MR) is 67.1 cm³/mol. The molecule has 2 aliphatic heterocycles. The predicted octanol–water partition coefficient (Wildman–Crippen LogP) is -0.153. The molecule has 6 heteroatoms. The van der Waals surface area contributed by atoms with Crippen LogP contribution in [0.3, 0.4) is 0 Å². The summed E-state index contributed by atoms with van der Waals surface area (Å²) in [5.74, 6) is -0.537. The van der Waals surface area contributed by atoms with E-state index in [1.807, 2.05) is 0 Å². The highest BCUT2D eigenvalue weighted by atomic mass is 16.5. The summed E-state index contributed by atoms with van der Waals surface area (Å²) in [5.41, 5.74) is 4.58. The SMILES string of the molecule is CC(C)(CCC(=O)N1CC[C@@H]2OCC(=O)C21)C(N)=O. The molecule has 2 N–H and O–H groups in total. The maximum absolute atomic E-state index is 12.2. The zero-order valence-corrected chi connectivity index (χ0v) is 11.3. The van der Waals surface area contributed by atoms with E-state index >= 15 is 0 Å². The summed E-state index contributed by atoms with van der Waals surface area (Å²) in [5, 5.41) is 0. The van der Waals surface area contributed by atoms with Crippen molar-refractivity contribution in [1.29, 1.82) is 0 Å². The number of hydrogen-bond donors (Lipinski definition) is 1. The Morgan fingerprint density at radius 3 is 2.79 bits per heavy atom. The van der Waals surface area contributed by atoms with Crippen molar-refractivity contribution < 1.29 is 19.1 Å². The number of carbonyl (C=O) groups excluding carboxylic acids is 3. The number of amides is 2. The zero-order chi connectivity index (χ0) is 14.2. The Hall–Kier alpha value is -1.43. The average Bonchev–Trinajstić information content (AvgIpc) is 2.90. The van der Waals surface area contributed by atoms with Crippen LogP contribution in [-0.2, 0) is 19.1 Å². The van der Waals surface area contributed by atoms with Gasteiger partial charge < -0.3 is 15.4 Å². The van der Waals surface area contributed by atoms with E-state index in [4.69, 9.17) is 10.5 Å². The van der Waals surface area contributed by atoms with Gasteiger partial charge in [-0.2, -0.15) is 0 Å². The van der Waals surface area contributed by atoms with Gasteiger partial charge in [-0.05, 0) is 12.8 Å². The van der Waals surface area contributed by atoms with Crippen molar-refractivity contribution in [3.05, 3.63) is 0 Å². The number of ether oxygens (including phenoxy) is 1. The molecule has 0 bridgehead atoms. The summed E-state index contributed by atoms with van der Waals surface area (Å²) in [4.78, 5) is 36.7. The highest BCUT2D eigenvalue weighted by Crippen LogP contribution is 2.29. The number of carbonyl (C=O) groups is 3. The molecule has 6 nitrogen and oxygen atoms in total. The maximum atomic E-state index is 12.2. The van der Waals surface area contributed by atoms with E-state index in [2.05, 4.69) is 0 Å². The molecule has 19 heavy (non-hydrogen) atoms. The van der Waals surface area contributed by atoms with Crippen molar-refractivity contribution in [3.63, 3.8) is 0 Å². The Kier molecular flexibility index (Phi) is 3.62. The molecule has 0 spiro atoms. The van der Waals surface area contributed by atoms with Crippen LogP contribution in [0.2, 0.25) is 0 Å². The first-order chi connectivity index (χ1) is 8.83. The molecule has 2 fully saturated rings. The van der Waals surface area contributed by atoms with Gasteiger partial charge in [0.15, 0.2) is 5.78 Å². The van der Waals surface area contributed by atoms with Crippen LogP contribution in [0.1, 0.15) is 33.1 Å². The highest BCUT2D eigenvalue weighted by Gasteiger charge is 2.46. The van der Waals surface area contributed by atoms with Crippen LogP contribution in [0.5, 0.6) is 0 Å². The molecule has 0 aromatic heterocycles. The summed E-state index contributed by atoms with van der Waals surface area (Å²) in [6.45, 7) is 4.10. The maximum Gasteiger partial charge on any atom is 0.223 e. The van der Waals surface area contributed by atoms with Crippen molar-refractivity contribution in [2.24, 2.45) is 11.1 Å². The van der Waals surface area contributed by atoms with Crippen LogP contribution < -0.4 is 5.73 Å². The lowest BCUT2D eigenvalue weighted by molar-refractivity contribution is -0.137. The van der Waals surface area contributed by atoms with Crippen LogP contribution in [0, 0.1) is 5.41 Å². The van der Waals surface area contributed by atoms with Crippen molar-refractivity contribution >= 4 is 17.6 Å². The van der Waals surface area contributed by atoms with Crippen molar-refractivity contribution in [3.8, 4) is 0 Å². The monoisotopic (exact) mass is 268 g/mol. The number of hydrogen-bond acceptors (Lipinski definition) is 4. The van der Waals surface area contributed by atoms with Gasteiger partial charge in [0, 0.05) is 18.4 Å². The number of likely N-dealkylation sites (tertiary alicyclic amines) is 1. The summed E-state index contributed by atoms with van der Waals surface area (Å²) >= 11 is 0. The van der Waals surface area contributed by atoms with Gasteiger partial charge >= 0.3 is 0 Å². The number of nitrogens with zero attached hydrogens (tertiary/aromatic N) is 1. The van der Waals surface area contributed by atoms with Gasteiger partial charge in [0.2, 0.25) is 11.8 Å². The van der Waals surface area contributed by atoms with Crippen LogP contribution >= 0.6 is 0 Å². The number of nitrogens with two attached hydrogens (primary N) is 1. The average molecular weight is 268 g/mol. The van der Waals surface area contributed by atoms with Crippen LogP contribution in [-0.4, -0.2) is 47.8 Å². The number of ketones is 1. The highest BCUT2D eigenvalue weighted by molar-refractivity contribution is 5.92. The molecular weight excluding hydrogens is 248 g/mol. The van der Waals surface area contributed by atoms with Crippen molar-refractivity contribution in [1.82, 2.24) is 4.90 Å². The topological polar surface area (TPSA) is 89.7 Å². The Balaban J connectivity index is 1.94. The minimum absolute atomic E-state index is 0.0231. The molecule has 0 saturated carbocycles. The Bertz CT molecular complexity index is 419. The third kappa shape index (κ3) is 2.63. The van der Waals surface area contributed by atoms with Gasteiger partial charge in [-0.1, -0.05) is 13.8 Å². The molecule has 2 saturated heterocycles. The Labute approximate surface area is 112 Å². The molecule has 0 aliphatic carbocycles. The summed E-state index contributed by atoms with van der Waals surface area (Å²) in [7, 11) is 0. The molecule has 2 rings (SSSR count). The molecule has 2 amide bonds. The lowest BCUT2D eigenvalue weighted by Crippen LogP contribution is -2.42. The second-order valence-electron chi connectivity index (χ2n) is 5.88. The zero-order valence-electron chi connectivity index (χ0n) is 11.3. The fourth-order valence-corrected chi connectivity index (χ4v) is 2.56. The quantitative estimate of drug-likeness (QED) is 0.767. The van der Waals surface area contributed by atoms with Crippen LogP contribution in [0.25, 0.3) is 0 Å². The first-order valence-corrected chi connectivity index (χ1v) is 6.56. The number of fused-ring (bicyclic) bond motifs is 1. The van der Waals surface area contributed by atoms with E-state index < -0.39 is 17.4 Å². The standard InChI is InChI=1S/C13H20N2O4/c1-13(2,12(14)18)5-3-10(17)15-6-4-9-11(15)8(16)7-19-9/h9,11H,3-7H2,1-2H3,(H2,14,18)/t9-,11?/m0/s1. The third-order valence-electron chi connectivity index (χ3n) is 4.06. The van der Waals surface area contributed by atoms with Crippen LogP contribution in [0.4, 0.5) is 0 Å². The molecule has 0 radical (unpaired) electrons. The van der Waals surface area contributed by atoms with E-state index in [1.54, 1.807) is 18.7 Å². The van der Waals surface area contributed by atoms with Gasteiger partial charge in [0.1, 0.15) is 12.6 Å². The van der Waals surface area contributed by atoms with Gasteiger partial charge in [-0.25, -0.2) is 0 Å². The summed E-state index contributed by atoms with van der Waals surface area (Å²) in [6, 6.07) is -0.413. The second-order valence-corrected chi connectivity index (χ2v) is 5.88. The van der Waals surface area contributed by atoms with Gasteiger partial charge in [0.05, 0.1) is 6.10 Å². The molecule has 2 atom stereocenters. The van der Waals surface area contributed by atoms with Crippen molar-refractivity contribution in [2.45, 2.75) is 45.3 Å². The fraction of sp³-hybridized carbons (Fsp3) is 0.769. The Morgan fingerprint density at radius 2 is 2.16 bits per heavy atom. The van der Waals surface area contributed by atoms with Gasteiger partial charge in [0.25, 0.3) is 0 Å². The number of primary amides is 1. The van der Waals surface area contributed by atoms with E-state index in [0.29, 0.717) is 19.4 Å². The minimum Gasteiger partial charge on any atom is -0.369 e. The first kappa shape index (κ1) is 14.0. The molecule has 106 valence electrons. The smallest absolute Gasteiger partial charge is 0.223 e. The normalized spacial score (nSPS) is 26.6.